The van der Waals surface area contributed by atoms with Crippen molar-refractivity contribution in [1.82, 2.24) is 5.43 Å². The van der Waals surface area contributed by atoms with Crippen LogP contribution in [-0.2, 0) is 4.79 Å². The fourth-order valence-electron chi connectivity index (χ4n) is 3.10. The Morgan fingerprint density at radius 2 is 1.68 bits per heavy atom. The highest BCUT2D eigenvalue weighted by atomic mass is 35.5. The van der Waals surface area contributed by atoms with Crippen molar-refractivity contribution < 1.29 is 28.5 Å². The van der Waals surface area contributed by atoms with Gasteiger partial charge in [0.25, 0.3) is 5.91 Å². The number of hydrogen-bond acceptors (Lipinski definition) is 7. The average Bonchev–Trinajstić information content (AvgIpc) is 2.90. The number of nitrogens with zero attached hydrogens (tertiary/aromatic N) is 1. The lowest BCUT2D eigenvalue weighted by molar-refractivity contribution is -0.127. The molecular formula is C28H28Cl2N2O6. The topological polar surface area (TPSA) is 95.5 Å². The molecule has 200 valence electrons. The summed E-state index contributed by atoms with van der Waals surface area (Å²) in [4.78, 5) is 25.0. The van der Waals surface area contributed by atoms with E-state index in [0.29, 0.717) is 51.6 Å². The maximum Gasteiger partial charge on any atom is 0.343 e. The third kappa shape index (κ3) is 8.39. The van der Waals surface area contributed by atoms with Crippen LogP contribution in [0.25, 0.3) is 0 Å². The summed E-state index contributed by atoms with van der Waals surface area (Å²) in [5.41, 5.74) is 3.41. The van der Waals surface area contributed by atoms with Gasteiger partial charge in [-0.05, 0) is 86.5 Å². The van der Waals surface area contributed by atoms with Crippen molar-refractivity contribution in [2.45, 2.75) is 33.3 Å². The standard InChI is InChI=1S/C28H28Cl2N2O6/c1-4-14-36-22-10-7-20(8-11-22)28(34)38-25-12-6-19(15-26(25)35-5-2)17-31-32-27(33)18(3)37-24-13-9-21(29)16-23(24)30/h6-13,15-18H,4-5,14H2,1-3H3,(H,32,33)/b31-17-/t18-/m0/s1. The zero-order valence-electron chi connectivity index (χ0n) is 21.2. The fraction of sp³-hybridized carbons (Fsp3) is 0.250. The molecule has 0 aliphatic heterocycles. The number of rotatable bonds is 12. The molecule has 0 spiro atoms. The number of ether oxygens (including phenoxy) is 4. The molecule has 0 aromatic heterocycles. The van der Waals surface area contributed by atoms with Gasteiger partial charge in [-0.3, -0.25) is 4.79 Å². The van der Waals surface area contributed by atoms with E-state index in [2.05, 4.69) is 10.5 Å². The normalized spacial score (nSPS) is 11.6. The van der Waals surface area contributed by atoms with Crippen molar-refractivity contribution in [3.8, 4) is 23.0 Å². The number of benzene rings is 3. The van der Waals surface area contributed by atoms with E-state index in [1.807, 2.05) is 13.8 Å². The molecule has 3 rings (SSSR count). The van der Waals surface area contributed by atoms with Crippen LogP contribution in [-0.4, -0.2) is 37.4 Å². The molecule has 0 saturated carbocycles. The summed E-state index contributed by atoms with van der Waals surface area (Å²) >= 11 is 12.0. The molecule has 0 saturated heterocycles. The maximum atomic E-state index is 12.6. The minimum absolute atomic E-state index is 0.256. The summed E-state index contributed by atoms with van der Waals surface area (Å²) in [6, 6.07) is 16.4. The van der Waals surface area contributed by atoms with Gasteiger partial charge in [-0.15, -0.1) is 0 Å². The van der Waals surface area contributed by atoms with E-state index in [0.717, 1.165) is 6.42 Å². The van der Waals surface area contributed by atoms with Crippen LogP contribution in [0.5, 0.6) is 23.0 Å². The number of hydrogen-bond donors (Lipinski definition) is 1. The fourth-order valence-corrected chi connectivity index (χ4v) is 3.55. The Balaban J connectivity index is 1.61. The van der Waals surface area contributed by atoms with Crippen molar-refractivity contribution >= 4 is 41.3 Å². The van der Waals surface area contributed by atoms with Gasteiger partial charge in [-0.25, -0.2) is 10.2 Å². The van der Waals surface area contributed by atoms with Crippen molar-refractivity contribution in [2.75, 3.05) is 13.2 Å². The molecule has 1 amide bonds. The molecule has 10 heteroatoms. The van der Waals surface area contributed by atoms with Crippen molar-refractivity contribution in [3.05, 3.63) is 81.8 Å². The molecule has 0 aliphatic carbocycles. The van der Waals surface area contributed by atoms with Crippen LogP contribution in [0.2, 0.25) is 10.0 Å². The Kier molecular flexibility index (Phi) is 10.8. The van der Waals surface area contributed by atoms with Gasteiger partial charge in [0.15, 0.2) is 17.6 Å². The van der Waals surface area contributed by atoms with E-state index >= 15 is 0 Å². The molecule has 0 unspecified atom stereocenters. The van der Waals surface area contributed by atoms with E-state index < -0.39 is 18.0 Å². The van der Waals surface area contributed by atoms with E-state index in [1.165, 1.54) is 12.3 Å². The Hall–Kier alpha value is -3.75. The maximum absolute atomic E-state index is 12.6. The third-order valence-corrected chi connectivity index (χ3v) is 5.52. The number of amides is 1. The minimum atomic E-state index is -0.862. The second-order valence-corrected chi connectivity index (χ2v) is 8.81. The summed E-state index contributed by atoms with van der Waals surface area (Å²) < 4.78 is 22.3. The lowest BCUT2D eigenvalue weighted by Crippen LogP contribution is -2.33. The first-order chi connectivity index (χ1) is 18.3. The summed E-state index contributed by atoms with van der Waals surface area (Å²) in [5, 5.41) is 4.73. The van der Waals surface area contributed by atoms with Gasteiger partial charge in [0.2, 0.25) is 0 Å². The lowest BCUT2D eigenvalue weighted by atomic mass is 10.2. The molecule has 1 N–H and O–H groups in total. The number of halogens is 2. The second kappa shape index (κ2) is 14.3. The smallest absolute Gasteiger partial charge is 0.343 e. The number of nitrogens with one attached hydrogen (secondary N) is 1. The number of carbonyl (C=O) groups is 2. The molecule has 1 atom stereocenters. The van der Waals surface area contributed by atoms with Crippen molar-refractivity contribution in [1.29, 1.82) is 0 Å². The summed E-state index contributed by atoms with van der Waals surface area (Å²) in [5.74, 6) is 0.614. The second-order valence-electron chi connectivity index (χ2n) is 7.97. The van der Waals surface area contributed by atoms with Gasteiger partial charge in [0.1, 0.15) is 11.5 Å². The quantitative estimate of drug-likeness (QED) is 0.121. The summed E-state index contributed by atoms with van der Waals surface area (Å²) in [6.07, 6.45) is 1.46. The predicted octanol–water partition coefficient (Wildman–Crippen LogP) is 6.32. The largest absolute Gasteiger partial charge is 0.494 e. The first-order valence-electron chi connectivity index (χ1n) is 12.0. The monoisotopic (exact) mass is 558 g/mol. The molecular weight excluding hydrogens is 531 g/mol. The summed E-state index contributed by atoms with van der Waals surface area (Å²) in [7, 11) is 0. The Labute approximate surface area is 231 Å². The molecule has 0 fully saturated rings. The molecule has 8 nitrogen and oxygen atoms in total. The molecule has 0 bridgehead atoms. The zero-order valence-corrected chi connectivity index (χ0v) is 22.7. The Morgan fingerprint density at radius 1 is 0.947 bits per heavy atom. The minimum Gasteiger partial charge on any atom is -0.494 e. The molecule has 0 aliphatic rings. The molecule has 3 aromatic rings. The Bertz CT molecular complexity index is 1280. The van der Waals surface area contributed by atoms with E-state index in [9.17, 15) is 9.59 Å². The molecule has 38 heavy (non-hydrogen) atoms. The first-order valence-corrected chi connectivity index (χ1v) is 12.7. The SMILES string of the molecule is CCCOc1ccc(C(=O)Oc2ccc(/C=N\NC(=O)[C@H](C)Oc3ccc(Cl)cc3Cl)cc2OCC)cc1. The van der Waals surface area contributed by atoms with Crippen LogP contribution in [0.3, 0.4) is 0 Å². The molecule has 0 heterocycles. The van der Waals surface area contributed by atoms with Crippen LogP contribution in [0.15, 0.2) is 65.8 Å². The highest BCUT2D eigenvalue weighted by Gasteiger charge is 2.16. The number of carbonyl (C=O) groups excluding carboxylic acids is 2. The highest BCUT2D eigenvalue weighted by Crippen LogP contribution is 2.30. The van der Waals surface area contributed by atoms with Gasteiger partial charge in [0, 0.05) is 5.02 Å². The lowest BCUT2D eigenvalue weighted by Gasteiger charge is -2.14. The van der Waals surface area contributed by atoms with Crippen molar-refractivity contribution in [3.63, 3.8) is 0 Å². The van der Waals surface area contributed by atoms with E-state index in [-0.39, 0.29) is 5.75 Å². The zero-order chi connectivity index (χ0) is 27.5. The van der Waals surface area contributed by atoms with Gasteiger partial charge in [0.05, 0.1) is 30.0 Å². The Morgan fingerprint density at radius 3 is 2.37 bits per heavy atom. The van der Waals surface area contributed by atoms with Crippen molar-refractivity contribution in [2.24, 2.45) is 5.10 Å². The van der Waals surface area contributed by atoms with Gasteiger partial charge in [-0.1, -0.05) is 30.1 Å². The number of esters is 1. The van der Waals surface area contributed by atoms with Crippen LogP contribution in [0, 0.1) is 0 Å². The van der Waals surface area contributed by atoms with Gasteiger partial charge < -0.3 is 18.9 Å². The van der Waals surface area contributed by atoms with E-state index in [1.54, 1.807) is 61.5 Å². The predicted molar refractivity (Wildman–Crippen MR) is 147 cm³/mol. The first kappa shape index (κ1) is 28.8. The van der Waals surface area contributed by atoms with Gasteiger partial charge in [-0.2, -0.15) is 5.10 Å². The number of hydrazone groups is 1. The van der Waals surface area contributed by atoms with E-state index in [4.69, 9.17) is 42.1 Å². The third-order valence-electron chi connectivity index (χ3n) is 4.99. The van der Waals surface area contributed by atoms with Crippen LogP contribution < -0.4 is 24.4 Å². The average molecular weight is 559 g/mol. The van der Waals surface area contributed by atoms with Crippen LogP contribution in [0.4, 0.5) is 0 Å². The van der Waals surface area contributed by atoms with Crippen LogP contribution >= 0.6 is 23.2 Å². The highest BCUT2D eigenvalue weighted by molar-refractivity contribution is 6.35. The van der Waals surface area contributed by atoms with Crippen LogP contribution in [0.1, 0.15) is 43.1 Å². The molecule has 0 radical (unpaired) electrons. The molecule has 3 aromatic carbocycles. The van der Waals surface area contributed by atoms with Gasteiger partial charge >= 0.3 is 5.97 Å². The summed E-state index contributed by atoms with van der Waals surface area (Å²) in [6.45, 7) is 6.36.